The first-order valence-corrected chi connectivity index (χ1v) is 12.8. The molecule has 1 amide bonds. The second-order valence-corrected chi connectivity index (χ2v) is 10.6. The van der Waals surface area contributed by atoms with Gasteiger partial charge in [-0.2, -0.15) is 0 Å². The van der Waals surface area contributed by atoms with Crippen molar-refractivity contribution in [1.29, 1.82) is 0 Å². The predicted molar refractivity (Wildman–Crippen MR) is 119 cm³/mol. The second-order valence-electron chi connectivity index (χ2n) is 8.55. The molecule has 4 rings (SSSR count). The van der Waals surface area contributed by atoms with Gasteiger partial charge in [-0.05, 0) is 53.6 Å². The third-order valence-electron chi connectivity index (χ3n) is 6.18. The van der Waals surface area contributed by atoms with E-state index >= 15 is 0 Å². The van der Waals surface area contributed by atoms with Crippen molar-refractivity contribution >= 4 is 15.7 Å². The molecule has 0 saturated carbocycles. The van der Waals surface area contributed by atoms with Gasteiger partial charge in [-0.25, -0.2) is 17.2 Å². The monoisotopic (exact) mass is 479 g/mol. The first kappa shape index (κ1) is 23.6. The molecule has 0 radical (unpaired) electrons. The summed E-state index contributed by atoms with van der Waals surface area (Å²) in [6.07, 6.45) is 1.60. The zero-order valence-electron chi connectivity index (χ0n) is 18.4. The summed E-state index contributed by atoms with van der Waals surface area (Å²) in [5, 5.41) is 0. The van der Waals surface area contributed by atoms with Gasteiger partial charge < -0.3 is 14.4 Å². The number of fused-ring (bicyclic) bond motifs is 1. The van der Waals surface area contributed by atoms with Gasteiger partial charge in [0.1, 0.15) is 19.1 Å². The number of ether oxygens (including phenoxy) is 2. The van der Waals surface area contributed by atoms with Crippen molar-refractivity contribution in [2.24, 2.45) is 0 Å². The lowest BCUT2D eigenvalue weighted by molar-refractivity contribution is 0.0737. The summed E-state index contributed by atoms with van der Waals surface area (Å²) in [6.45, 7) is 0.0726. The Hall–Kier alpha value is -2.52. The second kappa shape index (κ2) is 9.77. The van der Waals surface area contributed by atoms with E-state index in [9.17, 15) is 22.0 Å². The first-order valence-electron chi connectivity index (χ1n) is 10.9. The fourth-order valence-electron chi connectivity index (χ4n) is 4.31. The summed E-state index contributed by atoms with van der Waals surface area (Å²) < 4.78 is 61.0. The van der Waals surface area contributed by atoms with E-state index in [2.05, 4.69) is 12.1 Å². The van der Waals surface area contributed by atoms with Crippen LogP contribution >= 0.6 is 0 Å². The van der Waals surface area contributed by atoms with E-state index in [-0.39, 0.29) is 16.2 Å². The predicted octanol–water partition coefficient (Wildman–Crippen LogP) is 3.83. The van der Waals surface area contributed by atoms with Crippen molar-refractivity contribution in [2.75, 3.05) is 32.8 Å². The highest BCUT2D eigenvalue weighted by atomic mass is 32.2. The topological polar surface area (TPSA) is 72.9 Å². The van der Waals surface area contributed by atoms with Crippen LogP contribution in [0.1, 0.15) is 45.8 Å². The van der Waals surface area contributed by atoms with Gasteiger partial charge in [-0.15, -0.1) is 0 Å². The summed E-state index contributed by atoms with van der Waals surface area (Å²) in [5.74, 6) is -0.0547. The maximum Gasteiger partial charge on any atom is 0.258 e. The minimum atomic E-state index is -3.60. The van der Waals surface area contributed by atoms with Gasteiger partial charge >= 0.3 is 0 Å². The van der Waals surface area contributed by atoms with E-state index in [0.29, 0.717) is 19.0 Å². The van der Waals surface area contributed by atoms with Crippen LogP contribution in [-0.2, 0) is 27.7 Å². The number of rotatable bonds is 7. The Morgan fingerprint density at radius 2 is 1.79 bits per heavy atom. The molecule has 0 spiro atoms. The number of alkyl halides is 2. The number of amides is 1. The number of carbonyl (C=O) groups is 1. The quantitative estimate of drug-likeness (QED) is 0.604. The van der Waals surface area contributed by atoms with E-state index in [4.69, 9.17) is 9.47 Å². The van der Waals surface area contributed by atoms with Crippen LogP contribution in [0.3, 0.4) is 0 Å². The maximum absolute atomic E-state index is 13.4. The maximum atomic E-state index is 13.4. The first-order chi connectivity index (χ1) is 15.8. The normalized spacial score (nSPS) is 16.8. The number of sulfone groups is 1. The van der Waals surface area contributed by atoms with E-state index in [1.807, 2.05) is 6.07 Å². The molecule has 0 aliphatic carbocycles. The average molecular weight is 480 g/mol. The Balaban J connectivity index is 1.60. The Kier molecular flexibility index (Phi) is 6.99. The number of benzene rings is 2. The van der Waals surface area contributed by atoms with Crippen LogP contribution in [0.4, 0.5) is 8.78 Å². The molecular weight excluding hydrogens is 452 g/mol. The highest BCUT2D eigenvalue weighted by molar-refractivity contribution is 7.90. The summed E-state index contributed by atoms with van der Waals surface area (Å²) in [5.41, 5.74) is 3.26. The summed E-state index contributed by atoms with van der Waals surface area (Å²) in [4.78, 5) is 14.9. The van der Waals surface area contributed by atoms with Crippen molar-refractivity contribution in [3.05, 3.63) is 58.7 Å². The molecule has 2 aromatic rings. The van der Waals surface area contributed by atoms with Crippen LogP contribution in [0.25, 0.3) is 0 Å². The molecule has 6 nitrogen and oxygen atoms in total. The van der Waals surface area contributed by atoms with E-state index in [1.165, 1.54) is 23.8 Å². The summed E-state index contributed by atoms with van der Waals surface area (Å²) in [7, 11) is -3.60. The summed E-state index contributed by atoms with van der Waals surface area (Å²) >= 11 is 0. The van der Waals surface area contributed by atoms with Crippen LogP contribution in [0.5, 0.6) is 5.75 Å². The molecule has 1 fully saturated rings. The highest BCUT2D eigenvalue weighted by Crippen LogP contribution is 2.33. The molecule has 2 aliphatic rings. The van der Waals surface area contributed by atoms with E-state index in [0.717, 1.165) is 43.4 Å². The molecular formula is C24H27F2NO5S. The zero-order valence-corrected chi connectivity index (χ0v) is 19.2. The van der Waals surface area contributed by atoms with Gasteiger partial charge in [-0.1, -0.05) is 18.2 Å². The van der Waals surface area contributed by atoms with E-state index in [1.54, 1.807) is 4.90 Å². The van der Waals surface area contributed by atoms with Crippen molar-refractivity contribution in [1.82, 2.24) is 4.90 Å². The molecule has 2 heterocycles. The van der Waals surface area contributed by atoms with E-state index < -0.39 is 35.2 Å². The number of carbonyl (C=O) groups excluding carboxylic acids is 1. The van der Waals surface area contributed by atoms with Crippen molar-refractivity contribution in [3.63, 3.8) is 0 Å². The number of hydrogen-bond donors (Lipinski definition) is 0. The SMILES string of the molecule is CS(=O)(=O)c1ccc(OC(CF)CF)c(C(=O)N2Cc3ccc(C4CCOCC4)cc3C2)c1. The van der Waals surface area contributed by atoms with Gasteiger partial charge in [0.15, 0.2) is 15.9 Å². The Morgan fingerprint density at radius 1 is 1.09 bits per heavy atom. The molecule has 0 bridgehead atoms. The van der Waals surface area contributed by atoms with Crippen molar-refractivity contribution in [3.8, 4) is 5.75 Å². The number of nitrogens with zero attached hydrogens (tertiary/aromatic N) is 1. The highest BCUT2D eigenvalue weighted by Gasteiger charge is 2.29. The smallest absolute Gasteiger partial charge is 0.258 e. The fourth-order valence-corrected chi connectivity index (χ4v) is 4.95. The van der Waals surface area contributed by atoms with Crippen LogP contribution in [-0.4, -0.2) is 58.1 Å². The van der Waals surface area contributed by atoms with Gasteiger partial charge in [-0.3, -0.25) is 4.79 Å². The number of hydrogen-bond acceptors (Lipinski definition) is 5. The van der Waals surface area contributed by atoms with Crippen LogP contribution < -0.4 is 4.74 Å². The minimum Gasteiger partial charge on any atom is -0.484 e. The Bertz CT molecular complexity index is 1130. The molecule has 2 aromatic carbocycles. The molecule has 0 unspecified atom stereocenters. The van der Waals surface area contributed by atoms with Gasteiger partial charge in [0, 0.05) is 32.6 Å². The van der Waals surface area contributed by atoms with Crippen LogP contribution in [0.15, 0.2) is 41.3 Å². The molecule has 33 heavy (non-hydrogen) atoms. The average Bonchev–Trinajstić information content (AvgIpc) is 3.25. The Labute approximate surface area is 192 Å². The largest absolute Gasteiger partial charge is 0.484 e. The lowest BCUT2D eigenvalue weighted by Gasteiger charge is -2.22. The van der Waals surface area contributed by atoms with Crippen LogP contribution in [0, 0.1) is 0 Å². The molecule has 0 atom stereocenters. The molecule has 178 valence electrons. The minimum absolute atomic E-state index is 0.0257. The van der Waals surface area contributed by atoms with Crippen molar-refractivity contribution < 1.29 is 31.5 Å². The molecule has 1 saturated heterocycles. The van der Waals surface area contributed by atoms with Gasteiger partial charge in [0.25, 0.3) is 5.91 Å². The molecule has 0 N–H and O–H groups in total. The lowest BCUT2D eigenvalue weighted by Crippen LogP contribution is -2.28. The third kappa shape index (κ3) is 5.19. The number of halogens is 2. The zero-order chi connectivity index (χ0) is 23.6. The molecule has 9 heteroatoms. The van der Waals surface area contributed by atoms with Gasteiger partial charge in [0.2, 0.25) is 0 Å². The molecule has 0 aromatic heterocycles. The summed E-state index contributed by atoms with van der Waals surface area (Å²) in [6, 6.07) is 10.0. The fraction of sp³-hybridized carbons (Fsp3) is 0.458. The van der Waals surface area contributed by atoms with Gasteiger partial charge in [0.05, 0.1) is 10.5 Å². The van der Waals surface area contributed by atoms with Crippen LogP contribution in [0.2, 0.25) is 0 Å². The standard InChI is InChI=1S/C24H27F2NO5S/c1-33(29,30)21-4-5-23(32-20(12-25)13-26)22(11-21)24(28)27-14-18-3-2-17(10-19(18)15-27)16-6-8-31-9-7-16/h2-5,10-11,16,20H,6-9,12-15H2,1H3. The van der Waals surface area contributed by atoms with Crippen molar-refractivity contribution in [2.45, 2.75) is 42.8 Å². The lowest BCUT2D eigenvalue weighted by atomic mass is 9.90. The third-order valence-corrected chi connectivity index (χ3v) is 7.29. The Morgan fingerprint density at radius 3 is 2.45 bits per heavy atom. The molecule has 2 aliphatic heterocycles.